The number of hydrogen-bond acceptors (Lipinski definition) is 4. The summed E-state index contributed by atoms with van der Waals surface area (Å²) in [4.78, 5) is 0. The molecule has 8 fully saturated rings. The maximum atomic E-state index is 5.88. The van der Waals surface area contributed by atoms with Crippen molar-refractivity contribution in [2.24, 2.45) is 0 Å². The Morgan fingerprint density at radius 3 is 0.426 bits per heavy atom. The Morgan fingerprint density at radius 1 is 0.204 bits per heavy atom. The van der Waals surface area contributed by atoms with Gasteiger partial charge in [-0.1, -0.05) is 0 Å². The standard InChI is InChI=1S/C48H88BrN4P/c49-54(50(41-25-9-1-10-26-41)42-27-11-2-12-28-42,51(43-29-13-3-14-30-43)44-31-15-4-16-32-44,52(45-33-17-5-18-34-45)46-35-19-6-20-36-46)53(47-37-21-7-22-38-47)48-39-23-8-24-40-48/h41-48H,1-40H2. The molecular formula is C48H88BrN4P. The van der Waals surface area contributed by atoms with E-state index in [-0.39, 0.29) is 0 Å². The van der Waals surface area contributed by atoms with Crippen LogP contribution in [-0.2, 0) is 0 Å². The van der Waals surface area contributed by atoms with Gasteiger partial charge in [-0.15, -0.1) is 0 Å². The molecule has 0 spiro atoms. The summed E-state index contributed by atoms with van der Waals surface area (Å²) in [7, 11) is 0. The molecule has 6 heteroatoms. The van der Waals surface area contributed by atoms with Gasteiger partial charge in [-0.25, -0.2) is 0 Å². The van der Waals surface area contributed by atoms with Gasteiger partial charge in [0.15, 0.2) is 0 Å². The second-order valence-corrected chi connectivity index (χ2v) is 28.0. The third kappa shape index (κ3) is 8.52. The first kappa shape index (κ1) is 41.5. The van der Waals surface area contributed by atoms with E-state index in [9.17, 15) is 0 Å². The summed E-state index contributed by atoms with van der Waals surface area (Å²) in [5.41, 5.74) is 0. The second-order valence-electron chi connectivity index (χ2n) is 20.7. The zero-order valence-corrected chi connectivity index (χ0v) is 38.0. The Hall–Kier alpha value is 0.750. The molecule has 0 heterocycles. The van der Waals surface area contributed by atoms with E-state index in [1.54, 1.807) is 0 Å². The zero-order valence-electron chi connectivity index (χ0n) is 35.5. The van der Waals surface area contributed by atoms with Crippen LogP contribution in [0.4, 0.5) is 0 Å². The second kappa shape index (κ2) is 19.9. The first-order valence-corrected chi connectivity index (χ1v) is 29.6. The monoisotopic (exact) mass is 831 g/mol. The first-order valence-electron chi connectivity index (χ1n) is 25.6. The fraction of sp³-hybridized carbons (Fsp3) is 1.00. The molecule has 0 unspecified atom stereocenters. The van der Waals surface area contributed by atoms with Crippen molar-refractivity contribution in [3.63, 3.8) is 0 Å². The summed E-state index contributed by atoms with van der Waals surface area (Å²) in [6.07, 6.45) is 58.9. The molecule has 8 saturated carbocycles. The van der Waals surface area contributed by atoms with Crippen molar-refractivity contribution < 1.29 is 0 Å². The van der Waals surface area contributed by atoms with E-state index in [1.807, 2.05) is 0 Å². The van der Waals surface area contributed by atoms with Crippen molar-refractivity contribution in [3.05, 3.63) is 0 Å². The van der Waals surface area contributed by atoms with Gasteiger partial charge in [0.1, 0.15) is 0 Å². The summed E-state index contributed by atoms with van der Waals surface area (Å²) < 4.78 is 14.8. The van der Waals surface area contributed by atoms with Crippen molar-refractivity contribution >= 4 is 21.4 Å². The van der Waals surface area contributed by atoms with Gasteiger partial charge in [0, 0.05) is 0 Å². The van der Waals surface area contributed by atoms with Gasteiger partial charge < -0.3 is 0 Å². The van der Waals surface area contributed by atoms with E-state index in [0.29, 0.717) is 0 Å². The van der Waals surface area contributed by atoms with Crippen LogP contribution in [0, 0.1) is 0 Å². The molecule has 8 rings (SSSR count). The average molecular weight is 832 g/mol. The molecule has 0 radical (unpaired) electrons. The van der Waals surface area contributed by atoms with Crippen LogP contribution in [0.1, 0.15) is 257 Å². The van der Waals surface area contributed by atoms with Gasteiger partial charge in [-0.2, -0.15) is 0 Å². The summed E-state index contributed by atoms with van der Waals surface area (Å²) in [5, 5.41) is 0. The molecule has 0 aromatic heterocycles. The van der Waals surface area contributed by atoms with Crippen molar-refractivity contribution in [1.29, 1.82) is 0 Å². The summed E-state index contributed by atoms with van der Waals surface area (Å²) in [5.74, 6) is -3.44. The Labute approximate surface area is 343 Å². The van der Waals surface area contributed by atoms with E-state index in [1.165, 1.54) is 257 Å². The quantitative estimate of drug-likeness (QED) is 0.182. The molecule has 0 aromatic rings. The van der Waals surface area contributed by atoms with Crippen molar-refractivity contribution in [2.45, 2.75) is 305 Å². The van der Waals surface area contributed by atoms with Crippen LogP contribution in [0.15, 0.2) is 0 Å². The summed E-state index contributed by atoms with van der Waals surface area (Å²) in [6, 6.07) is 5.98. The predicted molar refractivity (Wildman–Crippen MR) is 238 cm³/mol. The van der Waals surface area contributed by atoms with Crippen LogP contribution in [0.3, 0.4) is 0 Å². The molecule has 8 aliphatic carbocycles. The molecule has 0 atom stereocenters. The van der Waals surface area contributed by atoms with E-state index < -0.39 is 5.91 Å². The molecule has 0 bridgehead atoms. The molecule has 312 valence electrons. The van der Waals surface area contributed by atoms with Gasteiger partial charge in [-0.05, 0) is 0 Å². The third-order valence-corrected chi connectivity index (χ3v) is 27.4. The van der Waals surface area contributed by atoms with Crippen molar-refractivity contribution in [1.82, 2.24) is 18.7 Å². The van der Waals surface area contributed by atoms with E-state index >= 15 is 0 Å². The molecule has 0 amide bonds. The van der Waals surface area contributed by atoms with Gasteiger partial charge >= 0.3 is 345 Å². The van der Waals surface area contributed by atoms with Gasteiger partial charge in [0.2, 0.25) is 0 Å². The topological polar surface area (TPSA) is 13.0 Å². The summed E-state index contributed by atoms with van der Waals surface area (Å²) >= 11 is 5.88. The van der Waals surface area contributed by atoms with E-state index in [0.717, 1.165) is 48.3 Å². The molecule has 0 saturated heterocycles. The molecule has 54 heavy (non-hydrogen) atoms. The predicted octanol–water partition coefficient (Wildman–Crippen LogP) is 15.4. The Kier molecular flexibility index (Phi) is 15.3. The van der Waals surface area contributed by atoms with E-state index in [2.05, 4.69) is 18.7 Å². The fourth-order valence-electron chi connectivity index (χ4n) is 14.9. The fourth-order valence-corrected chi connectivity index (χ4v) is 28.9. The number of rotatable bonds is 12. The molecule has 0 aliphatic heterocycles. The van der Waals surface area contributed by atoms with Crippen LogP contribution in [0.5, 0.6) is 0 Å². The van der Waals surface area contributed by atoms with Crippen LogP contribution in [0.2, 0.25) is 0 Å². The summed E-state index contributed by atoms with van der Waals surface area (Å²) in [6.45, 7) is 0. The first-order chi connectivity index (χ1) is 26.7. The Morgan fingerprint density at radius 2 is 0.315 bits per heavy atom. The molecule has 0 N–H and O–H groups in total. The SMILES string of the molecule is BrP(N(C1CCCCC1)C1CCCCC1)(N(C1CCCCC1)C1CCCCC1)(N(C1CCCCC1)C1CCCCC1)N(C1CCCCC1)C1CCCCC1. The third-order valence-electron chi connectivity index (χ3n) is 17.2. The minimum atomic E-state index is -3.44. The van der Waals surface area contributed by atoms with Crippen molar-refractivity contribution in [3.8, 4) is 0 Å². The normalized spacial score (nSPS) is 29.7. The maximum absolute atomic E-state index is 5.88. The molecular weight excluding hydrogens is 743 g/mol. The average Bonchev–Trinajstić information content (AvgIpc) is 3.24. The van der Waals surface area contributed by atoms with Crippen LogP contribution in [0.25, 0.3) is 0 Å². The van der Waals surface area contributed by atoms with Gasteiger partial charge in [0.25, 0.3) is 0 Å². The number of halogens is 1. The minimum absolute atomic E-state index is 0.748. The van der Waals surface area contributed by atoms with Gasteiger partial charge in [-0.3, -0.25) is 0 Å². The Bertz CT molecular complexity index is 844. The molecule has 8 aliphatic rings. The number of nitrogens with zero attached hydrogens (tertiary/aromatic N) is 4. The Balaban J connectivity index is 1.48. The zero-order chi connectivity index (χ0) is 36.7. The molecule has 0 aromatic carbocycles. The van der Waals surface area contributed by atoms with Crippen molar-refractivity contribution in [2.75, 3.05) is 0 Å². The van der Waals surface area contributed by atoms with Crippen LogP contribution in [-0.4, -0.2) is 67.0 Å². The van der Waals surface area contributed by atoms with Crippen LogP contribution < -0.4 is 0 Å². The number of hydrogen-bond donors (Lipinski definition) is 0. The van der Waals surface area contributed by atoms with Gasteiger partial charge in [0.05, 0.1) is 0 Å². The van der Waals surface area contributed by atoms with Crippen LogP contribution >= 0.6 is 21.4 Å². The molecule has 4 nitrogen and oxygen atoms in total. The van der Waals surface area contributed by atoms with E-state index in [4.69, 9.17) is 15.5 Å².